The van der Waals surface area contributed by atoms with Crippen molar-refractivity contribution in [1.82, 2.24) is 10.2 Å². The predicted molar refractivity (Wildman–Crippen MR) is 59.3 cm³/mol. The Labute approximate surface area is 91.2 Å². The Kier molecular flexibility index (Phi) is 2.61. The van der Waals surface area contributed by atoms with Crippen LogP contribution in [0.3, 0.4) is 0 Å². The van der Waals surface area contributed by atoms with Crippen molar-refractivity contribution in [2.24, 2.45) is 0 Å². The third-order valence-electron chi connectivity index (χ3n) is 1.96. The van der Waals surface area contributed by atoms with Gasteiger partial charge in [0.15, 0.2) is 6.19 Å². The average Bonchev–Trinajstić information content (AvgIpc) is 2.68. The Hall–Kier alpha value is -1.93. The molecule has 0 atom stereocenters. The van der Waals surface area contributed by atoms with Crippen LogP contribution in [0.5, 0.6) is 0 Å². The molecule has 0 unspecified atom stereocenters. The third-order valence-corrected chi connectivity index (χ3v) is 2.84. The summed E-state index contributed by atoms with van der Waals surface area (Å²) >= 11 is 1.37. The summed E-state index contributed by atoms with van der Waals surface area (Å²) in [7, 11) is 0. The minimum Gasteiger partial charge on any atom is -0.267 e. The maximum Gasteiger partial charge on any atom is 0.219 e. The first-order chi connectivity index (χ1) is 7.31. The predicted octanol–water partition coefficient (Wildman–Crippen LogP) is 2.41. The molecule has 74 valence electrons. The number of nitrogens with one attached hydrogen (secondary N) is 1. The second-order valence-electron chi connectivity index (χ2n) is 2.96. The lowest BCUT2D eigenvalue weighted by molar-refractivity contribution is 1.10. The van der Waals surface area contributed by atoms with Crippen molar-refractivity contribution < 1.29 is 0 Å². The van der Waals surface area contributed by atoms with Gasteiger partial charge in [-0.15, -0.1) is 10.2 Å². The number of benzene rings is 1. The van der Waals surface area contributed by atoms with E-state index in [9.17, 15) is 0 Å². The summed E-state index contributed by atoms with van der Waals surface area (Å²) in [4.78, 5) is 0. The van der Waals surface area contributed by atoms with E-state index >= 15 is 0 Å². The summed E-state index contributed by atoms with van der Waals surface area (Å²) < 4.78 is 0. The van der Waals surface area contributed by atoms with Crippen LogP contribution in [0.4, 0.5) is 5.13 Å². The van der Waals surface area contributed by atoms with E-state index in [1.807, 2.05) is 37.4 Å². The Morgan fingerprint density at radius 3 is 2.87 bits per heavy atom. The van der Waals surface area contributed by atoms with Crippen molar-refractivity contribution in [3.05, 3.63) is 29.8 Å². The first kappa shape index (κ1) is 9.62. The monoisotopic (exact) mass is 216 g/mol. The molecule has 0 saturated heterocycles. The van der Waals surface area contributed by atoms with Crippen LogP contribution in [0.25, 0.3) is 10.6 Å². The molecule has 0 radical (unpaired) electrons. The van der Waals surface area contributed by atoms with Crippen molar-refractivity contribution in [3.63, 3.8) is 0 Å². The molecular weight excluding hydrogens is 208 g/mol. The van der Waals surface area contributed by atoms with E-state index in [4.69, 9.17) is 5.26 Å². The molecule has 5 heteroatoms. The van der Waals surface area contributed by atoms with Gasteiger partial charge >= 0.3 is 0 Å². The highest BCUT2D eigenvalue weighted by Crippen LogP contribution is 2.28. The molecular formula is C10H8N4S. The van der Waals surface area contributed by atoms with Crippen LogP contribution in [0.15, 0.2) is 24.3 Å². The lowest BCUT2D eigenvalue weighted by Gasteiger charge is -1.98. The first-order valence-corrected chi connectivity index (χ1v) is 5.17. The van der Waals surface area contributed by atoms with Gasteiger partial charge in [-0.25, -0.2) is 0 Å². The summed E-state index contributed by atoms with van der Waals surface area (Å²) in [6.07, 6.45) is 1.82. The van der Waals surface area contributed by atoms with E-state index in [1.54, 1.807) is 0 Å². The molecule has 0 aliphatic rings. The Morgan fingerprint density at radius 1 is 1.33 bits per heavy atom. The molecule has 1 heterocycles. The number of nitriles is 1. The lowest BCUT2D eigenvalue weighted by Crippen LogP contribution is -1.84. The second kappa shape index (κ2) is 4.07. The van der Waals surface area contributed by atoms with E-state index in [-0.39, 0.29) is 0 Å². The van der Waals surface area contributed by atoms with E-state index in [1.165, 1.54) is 11.3 Å². The summed E-state index contributed by atoms with van der Waals surface area (Å²) in [5, 5.41) is 20.1. The fourth-order valence-electron chi connectivity index (χ4n) is 1.24. The van der Waals surface area contributed by atoms with Crippen molar-refractivity contribution in [2.75, 3.05) is 5.32 Å². The molecule has 0 spiro atoms. The van der Waals surface area contributed by atoms with E-state index < -0.39 is 0 Å². The largest absolute Gasteiger partial charge is 0.267 e. The van der Waals surface area contributed by atoms with Gasteiger partial charge in [-0.05, 0) is 12.5 Å². The van der Waals surface area contributed by atoms with Crippen LogP contribution in [-0.2, 0) is 0 Å². The van der Waals surface area contributed by atoms with Crippen LogP contribution in [-0.4, -0.2) is 10.2 Å². The molecule has 0 bridgehead atoms. The van der Waals surface area contributed by atoms with Crippen molar-refractivity contribution in [2.45, 2.75) is 6.92 Å². The van der Waals surface area contributed by atoms with Gasteiger partial charge in [0, 0.05) is 5.56 Å². The van der Waals surface area contributed by atoms with Gasteiger partial charge in [0.1, 0.15) is 5.01 Å². The smallest absolute Gasteiger partial charge is 0.219 e. The highest BCUT2D eigenvalue weighted by molar-refractivity contribution is 7.18. The molecule has 0 saturated carbocycles. The number of anilines is 1. The van der Waals surface area contributed by atoms with Gasteiger partial charge in [0.25, 0.3) is 0 Å². The van der Waals surface area contributed by atoms with E-state index in [0.29, 0.717) is 5.13 Å². The Morgan fingerprint density at radius 2 is 2.13 bits per heavy atom. The van der Waals surface area contributed by atoms with E-state index in [2.05, 4.69) is 15.5 Å². The third kappa shape index (κ3) is 1.95. The molecule has 0 aliphatic heterocycles. The SMILES string of the molecule is Cc1ccccc1-c1nnc(NC#N)s1. The number of hydrogen-bond acceptors (Lipinski definition) is 5. The molecule has 2 aromatic rings. The number of aromatic nitrogens is 2. The number of nitrogens with zero attached hydrogens (tertiary/aromatic N) is 3. The second-order valence-corrected chi connectivity index (χ2v) is 3.94. The van der Waals surface area contributed by atoms with Gasteiger partial charge in [0.05, 0.1) is 0 Å². The molecule has 0 fully saturated rings. The van der Waals surface area contributed by atoms with Crippen LogP contribution in [0.1, 0.15) is 5.56 Å². The summed E-state index contributed by atoms with van der Waals surface area (Å²) in [6.45, 7) is 2.02. The van der Waals surface area contributed by atoms with Crippen molar-refractivity contribution in [3.8, 4) is 16.8 Å². The number of hydrogen-bond donors (Lipinski definition) is 1. The highest BCUT2D eigenvalue weighted by atomic mass is 32.1. The van der Waals surface area contributed by atoms with Crippen LogP contribution in [0.2, 0.25) is 0 Å². The fourth-order valence-corrected chi connectivity index (χ4v) is 2.03. The van der Waals surface area contributed by atoms with Crippen LogP contribution >= 0.6 is 11.3 Å². The molecule has 1 N–H and O–H groups in total. The van der Waals surface area contributed by atoms with E-state index in [0.717, 1.165) is 16.1 Å². The van der Waals surface area contributed by atoms with Crippen LogP contribution < -0.4 is 5.32 Å². The number of rotatable bonds is 2. The Bertz CT molecular complexity index is 512. The maximum absolute atomic E-state index is 8.43. The summed E-state index contributed by atoms with van der Waals surface area (Å²) in [5.74, 6) is 0. The lowest BCUT2D eigenvalue weighted by atomic mass is 10.1. The zero-order chi connectivity index (χ0) is 10.7. The van der Waals surface area contributed by atoms with Gasteiger partial charge in [0.2, 0.25) is 5.13 Å². The molecule has 1 aromatic heterocycles. The summed E-state index contributed by atoms with van der Waals surface area (Å²) in [6, 6.07) is 7.95. The fraction of sp³-hybridized carbons (Fsp3) is 0.100. The minimum atomic E-state index is 0.524. The van der Waals surface area contributed by atoms with Crippen molar-refractivity contribution >= 4 is 16.5 Å². The van der Waals surface area contributed by atoms with Crippen LogP contribution in [0, 0.1) is 18.4 Å². The van der Waals surface area contributed by atoms with Gasteiger partial charge in [-0.3, -0.25) is 5.32 Å². The zero-order valence-corrected chi connectivity index (χ0v) is 8.88. The van der Waals surface area contributed by atoms with Gasteiger partial charge < -0.3 is 0 Å². The van der Waals surface area contributed by atoms with Gasteiger partial charge in [-0.1, -0.05) is 35.6 Å². The normalized spacial score (nSPS) is 9.60. The maximum atomic E-state index is 8.43. The number of aryl methyl sites for hydroxylation is 1. The summed E-state index contributed by atoms with van der Waals surface area (Å²) in [5.41, 5.74) is 2.21. The van der Waals surface area contributed by atoms with Gasteiger partial charge in [-0.2, -0.15) is 5.26 Å². The molecule has 1 aromatic carbocycles. The molecule has 4 nitrogen and oxygen atoms in total. The van der Waals surface area contributed by atoms with Crippen molar-refractivity contribution in [1.29, 1.82) is 5.26 Å². The zero-order valence-electron chi connectivity index (χ0n) is 8.06. The molecule has 15 heavy (non-hydrogen) atoms. The quantitative estimate of drug-likeness (QED) is 0.618. The topological polar surface area (TPSA) is 61.6 Å². The molecule has 0 aliphatic carbocycles. The Balaban J connectivity index is 2.38. The first-order valence-electron chi connectivity index (χ1n) is 4.36. The average molecular weight is 216 g/mol. The standard InChI is InChI=1S/C10H8N4S/c1-7-4-2-3-5-8(7)9-13-14-10(15-9)12-6-11/h2-5H,1H3,(H,12,14). The molecule has 2 rings (SSSR count). The highest BCUT2D eigenvalue weighted by Gasteiger charge is 2.07. The minimum absolute atomic E-state index is 0.524. The molecule has 0 amide bonds.